The standard InChI is InChI=1S/C11H13N/c1-3-4-5-6-11-8-7-10(2)9-12-11/h3-7,9H,1,8H2,2H3/b5-4-,11-6+. The molecule has 1 heterocycles. The molecule has 0 aliphatic carbocycles. The molecule has 0 atom stereocenters. The van der Waals surface area contributed by atoms with Crippen molar-refractivity contribution in [3.8, 4) is 0 Å². The van der Waals surface area contributed by atoms with Crippen molar-refractivity contribution in [2.75, 3.05) is 0 Å². The van der Waals surface area contributed by atoms with Crippen molar-refractivity contribution >= 4 is 6.21 Å². The Labute approximate surface area is 73.5 Å². The average molecular weight is 159 g/mol. The Morgan fingerprint density at radius 3 is 2.92 bits per heavy atom. The maximum absolute atomic E-state index is 4.26. The van der Waals surface area contributed by atoms with E-state index in [0.717, 1.165) is 12.1 Å². The van der Waals surface area contributed by atoms with Gasteiger partial charge in [-0.15, -0.1) is 0 Å². The van der Waals surface area contributed by atoms with Crippen LogP contribution >= 0.6 is 0 Å². The molecular formula is C11H13N. The van der Waals surface area contributed by atoms with Crippen LogP contribution in [-0.2, 0) is 0 Å². The molecule has 0 amide bonds. The summed E-state index contributed by atoms with van der Waals surface area (Å²) in [6.07, 6.45) is 12.6. The molecule has 0 spiro atoms. The third kappa shape index (κ3) is 2.70. The zero-order chi connectivity index (χ0) is 8.81. The predicted octanol–water partition coefficient (Wildman–Crippen LogP) is 3.03. The van der Waals surface area contributed by atoms with E-state index in [9.17, 15) is 0 Å². The smallest absolute Gasteiger partial charge is 0.0441 e. The van der Waals surface area contributed by atoms with Gasteiger partial charge in [0, 0.05) is 18.3 Å². The molecule has 12 heavy (non-hydrogen) atoms. The fourth-order valence-corrected chi connectivity index (χ4v) is 0.912. The van der Waals surface area contributed by atoms with E-state index in [1.807, 2.05) is 24.4 Å². The molecule has 0 aromatic carbocycles. The molecule has 0 bridgehead atoms. The molecule has 0 aromatic heterocycles. The summed E-state index contributed by atoms with van der Waals surface area (Å²) in [7, 11) is 0. The molecule has 0 radical (unpaired) electrons. The van der Waals surface area contributed by atoms with E-state index >= 15 is 0 Å². The molecule has 0 aromatic rings. The van der Waals surface area contributed by atoms with Crippen molar-refractivity contribution in [3.63, 3.8) is 0 Å². The first-order valence-corrected chi connectivity index (χ1v) is 4.02. The van der Waals surface area contributed by atoms with E-state index in [2.05, 4.69) is 24.6 Å². The molecule has 0 saturated heterocycles. The van der Waals surface area contributed by atoms with E-state index < -0.39 is 0 Å². The number of aliphatic imine (C=N–C) groups is 1. The second-order valence-corrected chi connectivity index (χ2v) is 2.69. The largest absolute Gasteiger partial charge is 0.261 e. The van der Waals surface area contributed by atoms with E-state index in [4.69, 9.17) is 0 Å². The molecule has 0 saturated carbocycles. The summed E-state index contributed by atoms with van der Waals surface area (Å²) in [5.74, 6) is 0. The van der Waals surface area contributed by atoms with Crippen LogP contribution in [0.3, 0.4) is 0 Å². The van der Waals surface area contributed by atoms with E-state index in [1.165, 1.54) is 5.57 Å². The Morgan fingerprint density at radius 1 is 1.50 bits per heavy atom. The molecule has 1 heteroatoms. The first-order valence-electron chi connectivity index (χ1n) is 4.02. The van der Waals surface area contributed by atoms with Gasteiger partial charge < -0.3 is 0 Å². The predicted molar refractivity (Wildman–Crippen MR) is 54.3 cm³/mol. The van der Waals surface area contributed by atoms with Crippen LogP contribution in [-0.4, -0.2) is 6.21 Å². The van der Waals surface area contributed by atoms with Gasteiger partial charge in [-0.1, -0.05) is 30.9 Å². The highest BCUT2D eigenvalue weighted by Gasteiger charge is 1.95. The van der Waals surface area contributed by atoms with Crippen LogP contribution in [0.15, 0.2) is 53.2 Å². The maximum atomic E-state index is 4.26. The minimum atomic E-state index is 0.934. The second kappa shape index (κ2) is 4.50. The summed E-state index contributed by atoms with van der Waals surface area (Å²) in [6, 6.07) is 0. The third-order valence-corrected chi connectivity index (χ3v) is 1.60. The Kier molecular flexibility index (Phi) is 3.27. The monoisotopic (exact) mass is 159 g/mol. The SMILES string of the molecule is C=C/C=C\C=C1/CC=C(C)C=N1. The molecule has 1 aliphatic rings. The highest BCUT2D eigenvalue weighted by atomic mass is 14.7. The quantitative estimate of drug-likeness (QED) is 0.549. The van der Waals surface area contributed by atoms with Gasteiger partial charge in [-0.2, -0.15) is 0 Å². The van der Waals surface area contributed by atoms with Gasteiger partial charge in [-0.25, -0.2) is 0 Å². The maximum Gasteiger partial charge on any atom is 0.0441 e. The Bertz CT molecular complexity index is 277. The van der Waals surface area contributed by atoms with Crippen molar-refractivity contribution in [1.29, 1.82) is 0 Å². The van der Waals surface area contributed by atoms with Crippen molar-refractivity contribution in [2.45, 2.75) is 13.3 Å². The van der Waals surface area contributed by atoms with Crippen molar-refractivity contribution in [2.24, 2.45) is 4.99 Å². The minimum absolute atomic E-state index is 0.934. The summed E-state index contributed by atoms with van der Waals surface area (Å²) in [6.45, 7) is 5.64. The summed E-state index contributed by atoms with van der Waals surface area (Å²) in [4.78, 5) is 4.26. The Balaban J connectivity index is 2.58. The lowest BCUT2D eigenvalue weighted by atomic mass is 10.1. The first kappa shape index (κ1) is 8.72. The second-order valence-electron chi connectivity index (χ2n) is 2.69. The lowest BCUT2D eigenvalue weighted by Gasteiger charge is -2.02. The number of rotatable bonds is 2. The number of hydrogen-bond acceptors (Lipinski definition) is 1. The molecule has 62 valence electrons. The molecule has 1 aliphatic heterocycles. The van der Waals surface area contributed by atoms with Gasteiger partial charge >= 0.3 is 0 Å². The Hall–Kier alpha value is -1.37. The average Bonchev–Trinajstić information content (AvgIpc) is 2.09. The molecule has 1 nitrogen and oxygen atoms in total. The lowest BCUT2D eigenvalue weighted by Crippen LogP contribution is -1.88. The Morgan fingerprint density at radius 2 is 2.33 bits per heavy atom. The van der Waals surface area contributed by atoms with Crippen LogP contribution in [0.25, 0.3) is 0 Å². The van der Waals surface area contributed by atoms with Crippen LogP contribution in [0.1, 0.15) is 13.3 Å². The van der Waals surface area contributed by atoms with Gasteiger partial charge in [-0.05, 0) is 18.6 Å². The zero-order valence-corrected chi connectivity index (χ0v) is 7.33. The molecular weight excluding hydrogens is 146 g/mol. The lowest BCUT2D eigenvalue weighted by molar-refractivity contribution is 1.13. The van der Waals surface area contributed by atoms with Crippen molar-refractivity contribution in [1.82, 2.24) is 0 Å². The van der Waals surface area contributed by atoms with Gasteiger partial charge in [0.25, 0.3) is 0 Å². The van der Waals surface area contributed by atoms with Gasteiger partial charge in [0.15, 0.2) is 0 Å². The van der Waals surface area contributed by atoms with Crippen molar-refractivity contribution < 1.29 is 0 Å². The topological polar surface area (TPSA) is 12.4 Å². The third-order valence-electron chi connectivity index (χ3n) is 1.60. The number of dihydropyridines is 1. The van der Waals surface area contributed by atoms with Gasteiger partial charge in [0.05, 0.1) is 0 Å². The highest BCUT2D eigenvalue weighted by molar-refractivity contribution is 5.79. The van der Waals surface area contributed by atoms with Crippen LogP contribution in [0.5, 0.6) is 0 Å². The van der Waals surface area contributed by atoms with E-state index in [1.54, 1.807) is 6.08 Å². The first-order chi connectivity index (χ1) is 5.83. The number of allylic oxidation sites excluding steroid dienone is 6. The van der Waals surface area contributed by atoms with Crippen LogP contribution in [0, 0.1) is 0 Å². The van der Waals surface area contributed by atoms with E-state index in [0.29, 0.717) is 0 Å². The fourth-order valence-electron chi connectivity index (χ4n) is 0.912. The molecule has 0 N–H and O–H groups in total. The number of hydrogen-bond donors (Lipinski definition) is 0. The molecule has 1 rings (SSSR count). The highest BCUT2D eigenvalue weighted by Crippen LogP contribution is 2.11. The van der Waals surface area contributed by atoms with Crippen LogP contribution < -0.4 is 0 Å². The normalized spacial score (nSPS) is 20.1. The van der Waals surface area contributed by atoms with E-state index in [-0.39, 0.29) is 0 Å². The summed E-state index contributed by atoms with van der Waals surface area (Å²) in [5.41, 5.74) is 2.33. The summed E-state index contributed by atoms with van der Waals surface area (Å²) < 4.78 is 0. The van der Waals surface area contributed by atoms with Gasteiger partial charge in [0.2, 0.25) is 0 Å². The van der Waals surface area contributed by atoms with Crippen LogP contribution in [0.2, 0.25) is 0 Å². The fraction of sp³-hybridized carbons (Fsp3) is 0.182. The minimum Gasteiger partial charge on any atom is -0.261 e. The summed E-state index contributed by atoms with van der Waals surface area (Å²) in [5, 5.41) is 0. The van der Waals surface area contributed by atoms with Crippen LogP contribution in [0.4, 0.5) is 0 Å². The van der Waals surface area contributed by atoms with Gasteiger partial charge in [-0.3, -0.25) is 4.99 Å². The summed E-state index contributed by atoms with van der Waals surface area (Å²) >= 11 is 0. The zero-order valence-electron chi connectivity index (χ0n) is 7.33. The van der Waals surface area contributed by atoms with Gasteiger partial charge in [0.1, 0.15) is 0 Å². The van der Waals surface area contributed by atoms with Crippen molar-refractivity contribution in [3.05, 3.63) is 48.2 Å². The molecule has 0 unspecified atom stereocenters. The number of nitrogens with zero attached hydrogens (tertiary/aromatic N) is 1. The molecule has 0 fully saturated rings.